The Hall–Kier alpha value is -1.82. The van der Waals surface area contributed by atoms with Gasteiger partial charge in [0.2, 0.25) is 5.91 Å². The average molecular weight is 270 g/mol. The van der Waals surface area contributed by atoms with Gasteiger partial charge in [0.1, 0.15) is 0 Å². The van der Waals surface area contributed by atoms with Crippen LogP contribution >= 0.6 is 0 Å². The van der Waals surface area contributed by atoms with Gasteiger partial charge in [0.25, 0.3) is 0 Å². The molecule has 0 aliphatic heterocycles. The summed E-state index contributed by atoms with van der Waals surface area (Å²) in [6, 6.07) is 9.55. The third-order valence-corrected chi connectivity index (χ3v) is 5.12. The lowest BCUT2D eigenvalue weighted by molar-refractivity contribution is -0.133. The van der Waals surface area contributed by atoms with Gasteiger partial charge >= 0.3 is 0 Å². The zero-order valence-electron chi connectivity index (χ0n) is 12.9. The van der Waals surface area contributed by atoms with Gasteiger partial charge in [0, 0.05) is 19.5 Å². The van der Waals surface area contributed by atoms with Crippen molar-refractivity contribution in [3.63, 3.8) is 0 Å². The quantitative estimate of drug-likeness (QED) is 0.846. The number of carbonyl (C=O) groups excluding carboxylic acids is 1. The normalized spacial score (nSPS) is 19.2. The lowest BCUT2D eigenvalue weighted by atomic mass is 10.0. The van der Waals surface area contributed by atoms with Crippen LogP contribution in [-0.2, 0) is 11.3 Å². The summed E-state index contributed by atoms with van der Waals surface area (Å²) < 4.78 is 0. The molecular weight excluding hydrogens is 248 g/mol. The molecule has 1 aromatic rings. The van der Waals surface area contributed by atoms with Crippen molar-refractivity contribution in [2.24, 2.45) is 16.7 Å². The van der Waals surface area contributed by atoms with E-state index in [-0.39, 0.29) is 22.7 Å². The van der Waals surface area contributed by atoms with Crippen molar-refractivity contribution in [2.75, 3.05) is 7.05 Å². The Morgan fingerprint density at radius 1 is 1.30 bits per heavy atom. The summed E-state index contributed by atoms with van der Waals surface area (Å²) in [4.78, 5) is 14.3. The predicted octanol–water partition coefficient (Wildman–Crippen LogP) is 3.20. The van der Waals surface area contributed by atoms with E-state index in [1.165, 1.54) is 0 Å². The van der Waals surface area contributed by atoms with Crippen LogP contribution in [0.2, 0.25) is 0 Å². The second-order valence-corrected chi connectivity index (χ2v) is 6.88. The first-order valence-electron chi connectivity index (χ1n) is 6.96. The molecule has 1 aliphatic carbocycles. The van der Waals surface area contributed by atoms with Crippen LogP contribution in [0.4, 0.5) is 0 Å². The molecular formula is C17H22N2O. The molecule has 0 N–H and O–H groups in total. The number of amides is 1. The number of carbonyl (C=O) groups is 1. The number of hydrogen-bond donors (Lipinski definition) is 0. The van der Waals surface area contributed by atoms with E-state index in [0.717, 1.165) is 5.56 Å². The Balaban J connectivity index is 2.08. The lowest BCUT2D eigenvalue weighted by Crippen LogP contribution is -2.29. The average Bonchev–Trinajstić information content (AvgIpc) is 2.79. The first-order valence-corrected chi connectivity index (χ1v) is 6.96. The van der Waals surface area contributed by atoms with Gasteiger partial charge in [-0.1, -0.05) is 39.8 Å². The van der Waals surface area contributed by atoms with E-state index in [9.17, 15) is 4.79 Å². The van der Waals surface area contributed by atoms with E-state index in [4.69, 9.17) is 5.26 Å². The summed E-state index contributed by atoms with van der Waals surface area (Å²) >= 11 is 0. The highest BCUT2D eigenvalue weighted by molar-refractivity contribution is 5.84. The van der Waals surface area contributed by atoms with Crippen LogP contribution in [0, 0.1) is 28.1 Å². The summed E-state index contributed by atoms with van der Waals surface area (Å²) in [7, 11) is 1.84. The Morgan fingerprint density at radius 3 is 2.40 bits per heavy atom. The molecule has 1 fully saturated rings. The molecule has 1 aliphatic rings. The first kappa shape index (κ1) is 14.6. The lowest BCUT2D eigenvalue weighted by Gasteiger charge is -2.18. The summed E-state index contributed by atoms with van der Waals surface area (Å²) in [5.74, 6) is 0.279. The molecule has 0 saturated heterocycles. The molecule has 0 spiro atoms. The second kappa shape index (κ2) is 4.63. The third-order valence-electron chi connectivity index (χ3n) is 5.12. The van der Waals surface area contributed by atoms with E-state index in [0.29, 0.717) is 12.1 Å². The van der Waals surface area contributed by atoms with Crippen molar-refractivity contribution in [3.05, 3.63) is 35.4 Å². The number of hydrogen-bond acceptors (Lipinski definition) is 2. The summed E-state index contributed by atoms with van der Waals surface area (Å²) in [5.41, 5.74) is 1.76. The minimum absolute atomic E-state index is 0.0623. The van der Waals surface area contributed by atoms with Crippen molar-refractivity contribution in [1.29, 1.82) is 5.26 Å². The van der Waals surface area contributed by atoms with Crippen LogP contribution < -0.4 is 0 Å². The fourth-order valence-electron chi connectivity index (χ4n) is 3.13. The third kappa shape index (κ3) is 2.20. The molecule has 0 atom stereocenters. The summed E-state index contributed by atoms with van der Waals surface area (Å²) in [6.45, 7) is 9.16. The zero-order chi connectivity index (χ0) is 15.1. The van der Waals surface area contributed by atoms with Crippen molar-refractivity contribution in [2.45, 2.75) is 34.2 Å². The predicted molar refractivity (Wildman–Crippen MR) is 78.7 cm³/mol. The highest BCUT2D eigenvalue weighted by atomic mass is 16.2. The number of benzene rings is 1. The molecule has 0 aromatic heterocycles. The van der Waals surface area contributed by atoms with Crippen molar-refractivity contribution < 1.29 is 4.79 Å². The Morgan fingerprint density at radius 2 is 1.90 bits per heavy atom. The van der Waals surface area contributed by atoms with Crippen LogP contribution in [0.3, 0.4) is 0 Å². The molecule has 0 radical (unpaired) electrons. The Bertz CT molecular complexity index is 567. The van der Waals surface area contributed by atoms with Gasteiger partial charge in [0.15, 0.2) is 0 Å². The maximum Gasteiger partial charge on any atom is 0.226 e. The molecule has 106 valence electrons. The van der Waals surface area contributed by atoms with Crippen molar-refractivity contribution in [1.82, 2.24) is 4.90 Å². The van der Waals surface area contributed by atoms with Crippen LogP contribution in [0.5, 0.6) is 0 Å². The van der Waals surface area contributed by atoms with E-state index >= 15 is 0 Å². The van der Waals surface area contributed by atoms with Crippen molar-refractivity contribution >= 4 is 5.91 Å². The van der Waals surface area contributed by atoms with Gasteiger partial charge < -0.3 is 4.90 Å². The molecule has 20 heavy (non-hydrogen) atoms. The van der Waals surface area contributed by atoms with Crippen molar-refractivity contribution in [3.8, 4) is 6.07 Å². The number of nitrogens with zero attached hydrogens (tertiary/aromatic N) is 2. The van der Waals surface area contributed by atoms with Gasteiger partial charge in [-0.05, 0) is 28.5 Å². The molecule has 0 bridgehead atoms. The first-order chi connectivity index (χ1) is 9.21. The SMILES string of the molecule is CN(Cc1cccc(C#N)c1)C(=O)C1C(C)(C)C1(C)C. The monoisotopic (exact) mass is 270 g/mol. The molecule has 3 heteroatoms. The topological polar surface area (TPSA) is 44.1 Å². The molecule has 1 amide bonds. The molecule has 3 nitrogen and oxygen atoms in total. The number of rotatable bonds is 3. The standard InChI is InChI=1S/C17H22N2O/c1-16(2)14(17(16,3)4)15(20)19(5)11-13-8-6-7-12(9-13)10-18/h6-9,14H,11H2,1-5H3. The van der Waals surface area contributed by atoms with Gasteiger partial charge in [-0.25, -0.2) is 0 Å². The van der Waals surface area contributed by atoms with E-state index in [1.807, 2.05) is 25.2 Å². The molecule has 2 rings (SSSR count). The van der Waals surface area contributed by atoms with E-state index in [2.05, 4.69) is 33.8 Å². The highest BCUT2D eigenvalue weighted by Gasteiger charge is 2.68. The van der Waals surface area contributed by atoms with Gasteiger partial charge in [-0.2, -0.15) is 5.26 Å². The van der Waals surface area contributed by atoms with Gasteiger partial charge in [-0.15, -0.1) is 0 Å². The van der Waals surface area contributed by atoms with Gasteiger partial charge in [-0.3, -0.25) is 4.79 Å². The summed E-state index contributed by atoms with van der Waals surface area (Å²) in [6.07, 6.45) is 0. The molecule has 0 unspecified atom stereocenters. The second-order valence-electron chi connectivity index (χ2n) is 6.88. The van der Waals surface area contributed by atoms with E-state index in [1.54, 1.807) is 11.0 Å². The van der Waals surface area contributed by atoms with Crippen LogP contribution in [-0.4, -0.2) is 17.9 Å². The number of nitriles is 1. The van der Waals surface area contributed by atoms with Crippen LogP contribution in [0.1, 0.15) is 38.8 Å². The van der Waals surface area contributed by atoms with Gasteiger partial charge in [0.05, 0.1) is 11.6 Å². The Kier molecular flexibility index (Phi) is 3.37. The summed E-state index contributed by atoms with van der Waals surface area (Å²) in [5, 5.41) is 8.91. The fourth-order valence-corrected chi connectivity index (χ4v) is 3.13. The van der Waals surface area contributed by atoms with Crippen LogP contribution in [0.15, 0.2) is 24.3 Å². The molecule has 0 heterocycles. The van der Waals surface area contributed by atoms with E-state index < -0.39 is 0 Å². The molecule has 1 aromatic carbocycles. The van der Waals surface area contributed by atoms with Crippen LogP contribution in [0.25, 0.3) is 0 Å². The fraction of sp³-hybridized carbons (Fsp3) is 0.529. The highest BCUT2D eigenvalue weighted by Crippen LogP contribution is 2.68. The molecule has 1 saturated carbocycles. The minimum atomic E-state index is 0.0623. The largest absolute Gasteiger partial charge is 0.341 e. The Labute approximate surface area is 121 Å². The smallest absolute Gasteiger partial charge is 0.226 e. The maximum absolute atomic E-state index is 12.6. The zero-order valence-corrected chi connectivity index (χ0v) is 12.9. The minimum Gasteiger partial charge on any atom is -0.341 e. The maximum atomic E-state index is 12.6.